The van der Waals surface area contributed by atoms with Crippen molar-refractivity contribution in [3.05, 3.63) is 94.0 Å². The van der Waals surface area contributed by atoms with Crippen molar-refractivity contribution in [2.24, 2.45) is 5.10 Å². The van der Waals surface area contributed by atoms with Crippen molar-refractivity contribution in [2.75, 3.05) is 10.8 Å². The molecule has 0 atom stereocenters. The molecule has 0 saturated heterocycles. The Labute approximate surface area is 190 Å². The number of rotatable bonds is 7. The Kier molecular flexibility index (Phi) is 7.25. The standard InChI is InChI=1S/C23H22BrN3O3S/c1-17-7-13-21(14-8-17)31(29,30)27(22-6-4-3-5-18(22)2)16-23(28)26-25-15-19-9-11-20(24)12-10-19/h3-15H,16H2,1-2H3,(H,26,28)/b25-15-. The summed E-state index contributed by atoms with van der Waals surface area (Å²) in [6.45, 7) is 3.28. The molecule has 3 rings (SSSR count). The number of carbonyl (C=O) groups is 1. The lowest BCUT2D eigenvalue weighted by molar-refractivity contribution is -0.119. The zero-order valence-corrected chi connectivity index (χ0v) is 19.5. The van der Waals surface area contributed by atoms with E-state index >= 15 is 0 Å². The van der Waals surface area contributed by atoms with Gasteiger partial charge in [0.15, 0.2) is 0 Å². The topological polar surface area (TPSA) is 78.8 Å². The minimum absolute atomic E-state index is 0.118. The average molecular weight is 500 g/mol. The molecule has 0 saturated carbocycles. The first-order chi connectivity index (χ1) is 14.8. The predicted octanol–water partition coefficient (Wildman–Crippen LogP) is 4.41. The van der Waals surface area contributed by atoms with Gasteiger partial charge in [-0.3, -0.25) is 9.10 Å². The molecule has 0 bridgehead atoms. The van der Waals surface area contributed by atoms with Crippen LogP contribution in [0.3, 0.4) is 0 Å². The van der Waals surface area contributed by atoms with E-state index in [-0.39, 0.29) is 4.90 Å². The Hall–Kier alpha value is -2.97. The van der Waals surface area contributed by atoms with Crippen LogP contribution in [0.15, 0.2) is 87.3 Å². The molecule has 0 aliphatic carbocycles. The van der Waals surface area contributed by atoms with Crippen molar-refractivity contribution in [3.8, 4) is 0 Å². The molecule has 0 aliphatic rings. The molecule has 0 unspecified atom stereocenters. The Morgan fingerprint density at radius 3 is 2.29 bits per heavy atom. The van der Waals surface area contributed by atoms with Gasteiger partial charge in [0, 0.05) is 4.47 Å². The van der Waals surface area contributed by atoms with Crippen LogP contribution in [-0.2, 0) is 14.8 Å². The summed E-state index contributed by atoms with van der Waals surface area (Å²) < 4.78 is 28.8. The van der Waals surface area contributed by atoms with Crippen LogP contribution in [0.25, 0.3) is 0 Å². The van der Waals surface area contributed by atoms with Crippen LogP contribution in [0.1, 0.15) is 16.7 Å². The van der Waals surface area contributed by atoms with E-state index in [2.05, 4.69) is 26.5 Å². The van der Waals surface area contributed by atoms with E-state index in [9.17, 15) is 13.2 Å². The number of sulfonamides is 1. The van der Waals surface area contributed by atoms with Crippen LogP contribution in [0, 0.1) is 13.8 Å². The maximum Gasteiger partial charge on any atom is 0.264 e. The minimum Gasteiger partial charge on any atom is -0.271 e. The highest BCUT2D eigenvalue weighted by molar-refractivity contribution is 9.10. The zero-order valence-electron chi connectivity index (χ0n) is 17.1. The van der Waals surface area contributed by atoms with Gasteiger partial charge >= 0.3 is 0 Å². The SMILES string of the molecule is Cc1ccc(S(=O)(=O)N(CC(=O)N/N=C\c2ccc(Br)cc2)c2ccccc2C)cc1. The van der Waals surface area contributed by atoms with Crippen LogP contribution in [0.2, 0.25) is 0 Å². The van der Waals surface area contributed by atoms with Gasteiger partial charge in [-0.15, -0.1) is 0 Å². The second-order valence-corrected chi connectivity index (χ2v) is 9.73. The zero-order chi connectivity index (χ0) is 22.4. The third kappa shape index (κ3) is 5.80. The van der Waals surface area contributed by atoms with Gasteiger partial charge in [0.2, 0.25) is 0 Å². The van der Waals surface area contributed by atoms with Gasteiger partial charge in [0.1, 0.15) is 6.54 Å². The van der Waals surface area contributed by atoms with Gasteiger partial charge in [0.05, 0.1) is 16.8 Å². The maximum atomic E-state index is 13.4. The van der Waals surface area contributed by atoms with E-state index in [1.807, 2.05) is 37.3 Å². The van der Waals surface area contributed by atoms with Crippen molar-refractivity contribution >= 4 is 43.8 Å². The van der Waals surface area contributed by atoms with E-state index in [1.165, 1.54) is 6.21 Å². The number of carbonyl (C=O) groups excluding carboxylic acids is 1. The van der Waals surface area contributed by atoms with Crippen LogP contribution >= 0.6 is 15.9 Å². The van der Waals surface area contributed by atoms with E-state index in [0.717, 1.165) is 25.5 Å². The fraction of sp³-hybridized carbons (Fsp3) is 0.130. The summed E-state index contributed by atoms with van der Waals surface area (Å²) in [4.78, 5) is 12.7. The number of hydrazone groups is 1. The number of benzene rings is 3. The minimum atomic E-state index is -3.95. The quantitative estimate of drug-likeness (QED) is 0.386. The summed E-state index contributed by atoms with van der Waals surface area (Å²) in [6.07, 6.45) is 1.50. The van der Waals surface area contributed by atoms with Crippen molar-refractivity contribution in [1.29, 1.82) is 0 Å². The van der Waals surface area contributed by atoms with Crippen LogP contribution in [0.5, 0.6) is 0 Å². The lowest BCUT2D eigenvalue weighted by Gasteiger charge is -2.25. The maximum absolute atomic E-state index is 13.4. The number of aryl methyl sites for hydroxylation is 2. The second-order valence-electron chi connectivity index (χ2n) is 6.96. The lowest BCUT2D eigenvalue weighted by atomic mass is 10.2. The Balaban J connectivity index is 1.85. The molecule has 31 heavy (non-hydrogen) atoms. The Morgan fingerprint density at radius 2 is 1.65 bits per heavy atom. The molecule has 6 nitrogen and oxygen atoms in total. The third-order valence-corrected chi connectivity index (χ3v) is 6.86. The van der Waals surface area contributed by atoms with Crippen molar-refractivity contribution < 1.29 is 13.2 Å². The Morgan fingerprint density at radius 1 is 1.00 bits per heavy atom. The van der Waals surface area contributed by atoms with Gasteiger partial charge in [-0.1, -0.05) is 64.0 Å². The average Bonchev–Trinajstić information content (AvgIpc) is 2.74. The number of hydrogen-bond acceptors (Lipinski definition) is 4. The van der Waals surface area contributed by atoms with Crippen molar-refractivity contribution in [2.45, 2.75) is 18.7 Å². The molecule has 160 valence electrons. The number of amides is 1. The van der Waals surface area contributed by atoms with Crippen LogP contribution < -0.4 is 9.73 Å². The largest absolute Gasteiger partial charge is 0.271 e. The molecule has 3 aromatic rings. The molecule has 8 heteroatoms. The molecule has 3 aromatic carbocycles. The summed E-state index contributed by atoms with van der Waals surface area (Å²) in [5.74, 6) is -0.549. The van der Waals surface area contributed by atoms with Crippen LogP contribution in [0.4, 0.5) is 5.69 Å². The van der Waals surface area contributed by atoms with Crippen molar-refractivity contribution in [3.63, 3.8) is 0 Å². The molecule has 0 radical (unpaired) electrons. The number of hydrogen-bond donors (Lipinski definition) is 1. The summed E-state index contributed by atoms with van der Waals surface area (Å²) in [5, 5.41) is 3.95. The first-order valence-corrected chi connectivity index (χ1v) is 11.7. The van der Waals surface area contributed by atoms with E-state index < -0.39 is 22.5 Å². The summed E-state index contributed by atoms with van der Waals surface area (Å²) in [6, 6.07) is 21.0. The normalized spacial score (nSPS) is 11.5. The van der Waals surface area contributed by atoms with Gasteiger partial charge in [-0.25, -0.2) is 13.8 Å². The first-order valence-electron chi connectivity index (χ1n) is 9.50. The molecule has 0 aliphatic heterocycles. The van der Waals surface area contributed by atoms with E-state index in [4.69, 9.17) is 0 Å². The number of para-hydroxylation sites is 1. The first kappa shape index (κ1) is 22.7. The molecule has 1 N–H and O–H groups in total. The second kappa shape index (κ2) is 9.89. The third-order valence-electron chi connectivity index (χ3n) is 4.55. The molecule has 0 fully saturated rings. The van der Waals surface area contributed by atoms with E-state index in [0.29, 0.717) is 5.69 Å². The highest BCUT2D eigenvalue weighted by Gasteiger charge is 2.28. The fourth-order valence-corrected chi connectivity index (χ4v) is 4.62. The predicted molar refractivity (Wildman–Crippen MR) is 127 cm³/mol. The molecule has 0 aromatic heterocycles. The smallest absolute Gasteiger partial charge is 0.264 e. The number of anilines is 1. The van der Waals surface area contributed by atoms with Gasteiger partial charge < -0.3 is 0 Å². The number of nitrogens with one attached hydrogen (secondary N) is 1. The highest BCUT2D eigenvalue weighted by atomic mass is 79.9. The number of halogens is 1. The molecular weight excluding hydrogens is 478 g/mol. The summed E-state index contributed by atoms with van der Waals surface area (Å²) in [7, 11) is -3.95. The summed E-state index contributed by atoms with van der Waals surface area (Å²) >= 11 is 3.36. The van der Waals surface area contributed by atoms with Crippen LogP contribution in [-0.4, -0.2) is 27.1 Å². The molecule has 0 spiro atoms. The molecule has 0 heterocycles. The monoisotopic (exact) mass is 499 g/mol. The van der Waals surface area contributed by atoms with Gasteiger partial charge in [0.25, 0.3) is 15.9 Å². The lowest BCUT2D eigenvalue weighted by Crippen LogP contribution is -2.40. The molecular formula is C23H22BrN3O3S. The van der Waals surface area contributed by atoms with Gasteiger partial charge in [-0.2, -0.15) is 5.10 Å². The molecule has 1 amide bonds. The van der Waals surface area contributed by atoms with E-state index in [1.54, 1.807) is 49.4 Å². The summed E-state index contributed by atoms with van der Waals surface area (Å²) in [5.41, 5.74) is 5.33. The van der Waals surface area contributed by atoms with Gasteiger partial charge in [-0.05, 0) is 55.3 Å². The Bertz CT molecular complexity index is 1190. The number of nitrogens with zero attached hydrogens (tertiary/aromatic N) is 2. The fourth-order valence-electron chi connectivity index (χ4n) is 2.87. The highest BCUT2D eigenvalue weighted by Crippen LogP contribution is 2.26. The van der Waals surface area contributed by atoms with Crippen molar-refractivity contribution in [1.82, 2.24) is 5.43 Å².